The standard InChI is InChI=1S/C17H13F2NO/c18-14-4-1-3-12(9-14)10-21-11-13-7-8-20-17-15(13)5-2-6-16(17)19/h1-9H,10-11H2. The van der Waals surface area contributed by atoms with Crippen LogP contribution in [0.3, 0.4) is 0 Å². The molecule has 0 radical (unpaired) electrons. The number of benzene rings is 2. The van der Waals surface area contributed by atoms with Gasteiger partial charge in [0, 0.05) is 11.6 Å². The quantitative estimate of drug-likeness (QED) is 0.715. The number of para-hydroxylation sites is 1. The highest BCUT2D eigenvalue weighted by Crippen LogP contribution is 2.20. The van der Waals surface area contributed by atoms with Crippen LogP contribution in [-0.4, -0.2) is 4.98 Å². The van der Waals surface area contributed by atoms with Crippen LogP contribution in [0.5, 0.6) is 0 Å². The van der Waals surface area contributed by atoms with Crippen molar-refractivity contribution in [2.24, 2.45) is 0 Å². The van der Waals surface area contributed by atoms with Crippen LogP contribution in [0.25, 0.3) is 10.9 Å². The summed E-state index contributed by atoms with van der Waals surface area (Å²) >= 11 is 0. The molecular weight excluding hydrogens is 272 g/mol. The van der Waals surface area contributed by atoms with E-state index in [9.17, 15) is 8.78 Å². The topological polar surface area (TPSA) is 22.1 Å². The Labute approximate surface area is 121 Å². The third-order valence-electron chi connectivity index (χ3n) is 3.23. The van der Waals surface area contributed by atoms with E-state index in [2.05, 4.69) is 4.98 Å². The van der Waals surface area contributed by atoms with Gasteiger partial charge >= 0.3 is 0 Å². The van der Waals surface area contributed by atoms with E-state index in [1.54, 1.807) is 30.5 Å². The number of hydrogen-bond acceptors (Lipinski definition) is 2. The molecule has 0 spiro atoms. The summed E-state index contributed by atoms with van der Waals surface area (Å²) in [5, 5.41) is 0.733. The number of halogens is 2. The SMILES string of the molecule is Fc1cccc(COCc2ccnc3c(F)cccc23)c1. The Hall–Kier alpha value is -2.33. The van der Waals surface area contributed by atoms with Gasteiger partial charge in [0.05, 0.1) is 13.2 Å². The third kappa shape index (κ3) is 3.06. The zero-order chi connectivity index (χ0) is 14.7. The van der Waals surface area contributed by atoms with E-state index < -0.39 is 0 Å². The van der Waals surface area contributed by atoms with Gasteiger partial charge in [-0.1, -0.05) is 24.3 Å². The normalized spacial score (nSPS) is 11.0. The van der Waals surface area contributed by atoms with Crippen molar-refractivity contribution in [3.05, 3.63) is 77.5 Å². The van der Waals surface area contributed by atoms with Gasteiger partial charge in [-0.05, 0) is 35.4 Å². The molecule has 0 aliphatic rings. The fourth-order valence-electron chi connectivity index (χ4n) is 2.23. The maximum atomic E-state index is 13.7. The summed E-state index contributed by atoms with van der Waals surface area (Å²) in [4.78, 5) is 4.04. The second kappa shape index (κ2) is 5.97. The van der Waals surface area contributed by atoms with Crippen LogP contribution >= 0.6 is 0 Å². The molecule has 1 heterocycles. The molecule has 0 unspecified atom stereocenters. The Balaban J connectivity index is 1.75. The number of pyridine rings is 1. The highest BCUT2D eigenvalue weighted by atomic mass is 19.1. The van der Waals surface area contributed by atoms with E-state index in [0.717, 1.165) is 16.5 Å². The molecule has 4 heteroatoms. The van der Waals surface area contributed by atoms with Gasteiger partial charge in [-0.25, -0.2) is 8.78 Å². The van der Waals surface area contributed by atoms with Crippen molar-refractivity contribution in [1.82, 2.24) is 4.98 Å². The number of nitrogens with zero attached hydrogens (tertiary/aromatic N) is 1. The minimum absolute atomic E-state index is 0.285. The molecule has 0 bridgehead atoms. The number of ether oxygens (including phenoxy) is 1. The summed E-state index contributed by atoms with van der Waals surface area (Å²) in [7, 11) is 0. The third-order valence-corrected chi connectivity index (χ3v) is 3.23. The van der Waals surface area contributed by atoms with E-state index in [1.807, 2.05) is 6.07 Å². The summed E-state index contributed by atoms with van der Waals surface area (Å²) < 4.78 is 32.3. The van der Waals surface area contributed by atoms with Gasteiger partial charge < -0.3 is 4.74 Å². The number of aromatic nitrogens is 1. The molecule has 106 valence electrons. The van der Waals surface area contributed by atoms with Crippen LogP contribution in [-0.2, 0) is 18.0 Å². The monoisotopic (exact) mass is 285 g/mol. The molecule has 0 saturated carbocycles. The number of fused-ring (bicyclic) bond motifs is 1. The van der Waals surface area contributed by atoms with E-state index in [4.69, 9.17) is 4.74 Å². The molecule has 21 heavy (non-hydrogen) atoms. The molecule has 0 saturated heterocycles. The minimum atomic E-state index is -0.348. The van der Waals surface area contributed by atoms with Crippen LogP contribution < -0.4 is 0 Å². The first-order valence-corrected chi connectivity index (χ1v) is 6.58. The Kier molecular flexibility index (Phi) is 3.88. The highest BCUT2D eigenvalue weighted by Gasteiger charge is 2.06. The molecule has 0 aliphatic carbocycles. The van der Waals surface area contributed by atoms with E-state index in [1.165, 1.54) is 18.2 Å². The van der Waals surface area contributed by atoms with E-state index in [0.29, 0.717) is 18.7 Å². The first-order chi connectivity index (χ1) is 10.2. The first kappa shape index (κ1) is 13.6. The van der Waals surface area contributed by atoms with Gasteiger partial charge in [0.25, 0.3) is 0 Å². The van der Waals surface area contributed by atoms with Crippen molar-refractivity contribution in [2.75, 3.05) is 0 Å². The largest absolute Gasteiger partial charge is 0.372 e. The summed E-state index contributed by atoms with van der Waals surface area (Å²) in [6, 6.07) is 12.9. The van der Waals surface area contributed by atoms with Gasteiger partial charge in [-0.2, -0.15) is 0 Å². The van der Waals surface area contributed by atoms with Gasteiger partial charge in [0.15, 0.2) is 0 Å². The van der Waals surface area contributed by atoms with Crippen LogP contribution in [0.15, 0.2) is 54.7 Å². The minimum Gasteiger partial charge on any atom is -0.372 e. The summed E-state index contributed by atoms with van der Waals surface area (Å²) in [6.45, 7) is 0.621. The fraction of sp³-hybridized carbons (Fsp3) is 0.118. The smallest absolute Gasteiger partial charge is 0.149 e. The van der Waals surface area contributed by atoms with Gasteiger partial charge in [-0.3, -0.25) is 4.98 Å². The molecule has 0 aliphatic heterocycles. The molecule has 2 nitrogen and oxygen atoms in total. The van der Waals surface area contributed by atoms with Gasteiger partial charge in [0.2, 0.25) is 0 Å². The number of rotatable bonds is 4. The van der Waals surface area contributed by atoms with Gasteiger partial charge in [0.1, 0.15) is 17.2 Å². The Morgan fingerprint density at radius 2 is 1.81 bits per heavy atom. The van der Waals surface area contributed by atoms with Crippen molar-refractivity contribution in [1.29, 1.82) is 0 Å². The van der Waals surface area contributed by atoms with Crippen LogP contribution in [0.4, 0.5) is 8.78 Å². The zero-order valence-corrected chi connectivity index (χ0v) is 11.2. The highest BCUT2D eigenvalue weighted by molar-refractivity contribution is 5.82. The molecule has 0 fully saturated rings. The van der Waals surface area contributed by atoms with Crippen LogP contribution in [0.1, 0.15) is 11.1 Å². The van der Waals surface area contributed by atoms with E-state index >= 15 is 0 Å². The van der Waals surface area contributed by atoms with Crippen molar-refractivity contribution in [2.45, 2.75) is 13.2 Å². The van der Waals surface area contributed by atoms with Crippen LogP contribution in [0, 0.1) is 11.6 Å². The Morgan fingerprint density at radius 1 is 0.952 bits per heavy atom. The maximum Gasteiger partial charge on any atom is 0.149 e. The molecule has 3 aromatic rings. The second-order valence-electron chi connectivity index (χ2n) is 4.73. The lowest BCUT2D eigenvalue weighted by Gasteiger charge is -2.08. The molecule has 3 rings (SSSR count). The molecule has 0 N–H and O–H groups in total. The second-order valence-corrected chi connectivity index (χ2v) is 4.73. The lowest BCUT2D eigenvalue weighted by atomic mass is 10.1. The predicted octanol–water partition coefficient (Wildman–Crippen LogP) is 4.23. The first-order valence-electron chi connectivity index (χ1n) is 6.58. The molecule has 1 aromatic heterocycles. The average Bonchev–Trinajstić information content (AvgIpc) is 2.48. The van der Waals surface area contributed by atoms with Crippen molar-refractivity contribution in [3.8, 4) is 0 Å². The summed E-state index contributed by atoms with van der Waals surface area (Å²) in [6.07, 6.45) is 1.56. The maximum absolute atomic E-state index is 13.7. The summed E-state index contributed by atoms with van der Waals surface area (Å²) in [5.74, 6) is -0.632. The van der Waals surface area contributed by atoms with Crippen molar-refractivity contribution < 1.29 is 13.5 Å². The number of hydrogen-bond donors (Lipinski definition) is 0. The van der Waals surface area contributed by atoms with E-state index in [-0.39, 0.29) is 11.6 Å². The molecule has 0 amide bonds. The molecular formula is C17H13F2NO. The van der Waals surface area contributed by atoms with Crippen molar-refractivity contribution in [3.63, 3.8) is 0 Å². The zero-order valence-electron chi connectivity index (χ0n) is 11.2. The average molecular weight is 285 g/mol. The van der Waals surface area contributed by atoms with Crippen molar-refractivity contribution >= 4 is 10.9 Å². The molecule has 0 atom stereocenters. The summed E-state index contributed by atoms with van der Waals surface area (Å²) in [5.41, 5.74) is 1.96. The lowest BCUT2D eigenvalue weighted by Crippen LogP contribution is -1.97. The van der Waals surface area contributed by atoms with Crippen LogP contribution in [0.2, 0.25) is 0 Å². The fourth-order valence-corrected chi connectivity index (χ4v) is 2.23. The Bertz CT molecular complexity index is 774. The Morgan fingerprint density at radius 3 is 2.67 bits per heavy atom. The predicted molar refractivity (Wildman–Crippen MR) is 76.6 cm³/mol. The molecule has 2 aromatic carbocycles. The lowest BCUT2D eigenvalue weighted by molar-refractivity contribution is 0.108. The van der Waals surface area contributed by atoms with Gasteiger partial charge in [-0.15, -0.1) is 0 Å².